The summed E-state index contributed by atoms with van der Waals surface area (Å²) in [4.78, 5) is 14.0. The molecule has 0 bridgehead atoms. The summed E-state index contributed by atoms with van der Waals surface area (Å²) in [5.41, 5.74) is 7.33. The van der Waals surface area contributed by atoms with Crippen LogP contribution in [0.4, 0.5) is 4.79 Å². The highest BCUT2D eigenvalue weighted by Crippen LogP contribution is 2.35. The molecule has 5 heteroatoms. The monoisotopic (exact) mass is 306 g/mol. The summed E-state index contributed by atoms with van der Waals surface area (Å²) in [6.07, 6.45) is 3.65. The number of carbonyl (C=O) groups is 1. The predicted octanol–water partition coefficient (Wildman–Crippen LogP) is 3.33. The number of rotatable bonds is 5. The van der Waals surface area contributed by atoms with Gasteiger partial charge in [-0.2, -0.15) is 0 Å². The topological polar surface area (TPSA) is 66.6 Å². The van der Waals surface area contributed by atoms with Crippen molar-refractivity contribution in [2.24, 2.45) is 11.7 Å². The van der Waals surface area contributed by atoms with Gasteiger partial charge in [0.2, 0.25) is 0 Å². The fraction of sp³-hybridized carbons (Fsp3) is 0.562. The summed E-state index contributed by atoms with van der Waals surface area (Å²) in [6.45, 7) is 0.600. The van der Waals surface area contributed by atoms with Crippen LogP contribution in [0.15, 0.2) is 29.2 Å². The molecule has 1 unspecified atom stereocenters. The van der Waals surface area contributed by atoms with Crippen molar-refractivity contribution in [1.82, 2.24) is 4.90 Å². The molecule has 3 N–H and O–H groups in total. The molecule has 0 radical (unpaired) electrons. The van der Waals surface area contributed by atoms with Gasteiger partial charge < -0.3 is 15.7 Å². The molecule has 0 spiro atoms. The van der Waals surface area contributed by atoms with Crippen molar-refractivity contribution in [1.29, 1.82) is 0 Å². The van der Waals surface area contributed by atoms with Crippen LogP contribution < -0.4 is 5.73 Å². The van der Waals surface area contributed by atoms with E-state index in [-0.39, 0.29) is 12.1 Å². The van der Waals surface area contributed by atoms with Gasteiger partial charge >= 0.3 is 6.09 Å². The van der Waals surface area contributed by atoms with Crippen molar-refractivity contribution in [2.45, 2.75) is 42.7 Å². The Balaban J connectivity index is 1.63. The third-order valence-electron chi connectivity index (χ3n) is 4.41. The number of carboxylic acid groups (broad SMARTS) is 1. The number of hydrogen-bond acceptors (Lipinski definition) is 3. The second-order valence-electron chi connectivity index (χ2n) is 6.03. The van der Waals surface area contributed by atoms with Gasteiger partial charge in [0.15, 0.2) is 0 Å². The van der Waals surface area contributed by atoms with E-state index in [9.17, 15) is 9.90 Å². The molecule has 1 aromatic carbocycles. The first-order valence-corrected chi connectivity index (χ1v) is 8.61. The van der Waals surface area contributed by atoms with E-state index in [0.717, 1.165) is 24.3 Å². The highest BCUT2D eigenvalue weighted by atomic mass is 32.2. The Bertz CT molecular complexity index is 502. The first-order valence-electron chi connectivity index (χ1n) is 7.63. The zero-order valence-electron chi connectivity index (χ0n) is 12.1. The number of thioether (sulfide) groups is 1. The van der Waals surface area contributed by atoms with Gasteiger partial charge in [0.25, 0.3) is 0 Å². The largest absolute Gasteiger partial charge is 0.465 e. The van der Waals surface area contributed by atoms with Gasteiger partial charge in [-0.15, -0.1) is 11.8 Å². The molecule has 1 saturated heterocycles. The van der Waals surface area contributed by atoms with Crippen LogP contribution in [0.2, 0.25) is 0 Å². The number of benzene rings is 1. The number of likely N-dealkylation sites (tertiary alicyclic amines) is 1. The second kappa shape index (κ2) is 6.28. The van der Waals surface area contributed by atoms with Crippen LogP contribution in [0.5, 0.6) is 0 Å². The van der Waals surface area contributed by atoms with Crippen molar-refractivity contribution in [3.8, 4) is 0 Å². The third kappa shape index (κ3) is 3.52. The summed E-state index contributed by atoms with van der Waals surface area (Å²) < 4.78 is 0. The van der Waals surface area contributed by atoms with Crippen molar-refractivity contribution in [2.75, 3.05) is 12.3 Å². The maximum atomic E-state index is 11.2. The van der Waals surface area contributed by atoms with E-state index in [1.54, 1.807) is 0 Å². The van der Waals surface area contributed by atoms with Crippen molar-refractivity contribution in [3.05, 3.63) is 29.8 Å². The molecule has 3 rings (SSSR count). The number of nitrogens with zero attached hydrogens (tertiary/aromatic N) is 1. The zero-order chi connectivity index (χ0) is 14.8. The average Bonchev–Trinajstić information content (AvgIpc) is 3.18. The minimum absolute atomic E-state index is 0.0903. The molecular weight excluding hydrogens is 284 g/mol. The Hall–Kier alpha value is -1.20. The molecule has 0 aromatic heterocycles. The van der Waals surface area contributed by atoms with E-state index in [0.29, 0.717) is 6.54 Å². The van der Waals surface area contributed by atoms with E-state index < -0.39 is 6.09 Å². The minimum atomic E-state index is -0.857. The van der Waals surface area contributed by atoms with E-state index in [1.807, 2.05) is 11.8 Å². The van der Waals surface area contributed by atoms with Crippen molar-refractivity contribution >= 4 is 17.9 Å². The Morgan fingerprint density at radius 2 is 2.05 bits per heavy atom. The van der Waals surface area contributed by atoms with Crippen LogP contribution in [-0.2, 0) is 0 Å². The number of nitrogens with two attached hydrogens (primary N) is 1. The molecular formula is C16H22N2O2S. The first-order chi connectivity index (χ1) is 10.1. The molecule has 2 fully saturated rings. The maximum absolute atomic E-state index is 11.2. The van der Waals surface area contributed by atoms with E-state index >= 15 is 0 Å². The van der Waals surface area contributed by atoms with E-state index in [1.165, 1.54) is 28.4 Å². The van der Waals surface area contributed by atoms with Crippen LogP contribution in [0.3, 0.4) is 0 Å². The van der Waals surface area contributed by atoms with Gasteiger partial charge in [-0.05, 0) is 49.3 Å². The van der Waals surface area contributed by atoms with Gasteiger partial charge in [-0.3, -0.25) is 0 Å². The number of amides is 1. The molecule has 114 valence electrons. The molecule has 1 aromatic rings. The Kier molecular flexibility index (Phi) is 4.40. The van der Waals surface area contributed by atoms with Crippen molar-refractivity contribution < 1.29 is 9.90 Å². The summed E-state index contributed by atoms with van der Waals surface area (Å²) >= 11 is 1.90. The SMILES string of the molecule is NC(c1ccc(SCC2CC2)cc1)[C@@H]1CCCN1C(=O)O. The Morgan fingerprint density at radius 3 is 2.67 bits per heavy atom. The lowest BCUT2D eigenvalue weighted by atomic mass is 9.98. The zero-order valence-corrected chi connectivity index (χ0v) is 12.9. The van der Waals surface area contributed by atoms with Gasteiger partial charge in [0.05, 0.1) is 12.1 Å². The maximum Gasteiger partial charge on any atom is 0.407 e. The quantitative estimate of drug-likeness (QED) is 0.819. The molecule has 2 atom stereocenters. The normalized spacial score (nSPS) is 23.3. The smallest absolute Gasteiger partial charge is 0.407 e. The molecule has 1 amide bonds. The lowest BCUT2D eigenvalue weighted by molar-refractivity contribution is 0.134. The fourth-order valence-electron chi connectivity index (χ4n) is 2.91. The predicted molar refractivity (Wildman–Crippen MR) is 84.6 cm³/mol. The Morgan fingerprint density at radius 1 is 1.33 bits per heavy atom. The highest BCUT2D eigenvalue weighted by Gasteiger charge is 2.33. The minimum Gasteiger partial charge on any atom is -0.465 e. The Labute approximate surface area is 129 Å². The number of hydrogen-bond donors (Lipinski definition) is 2. The summed E-state index contributed by atoms with van der Waals surface area (Å²) in [7, 11) is 0. The van der Waals surface area contributed by atoms with E-state index in [4.69, 9.17) is 5.73 Å². The first kappa shape index (κ1) is 14.7. The van der Waals surface area contributed by atoms with Crippen LogP contribution in [-0.4, -0.2) is 34.4 Å². The summed E-state index contributed by atoms with van der Waals surface area (Å²) in [5, 5.41) is 9.22. The van der Waals surface area contributed by atoms with E-state index in [2.05, 4.69) is 24.3 Å². The molecule has 1 aliphatic heterocycles. The molecule has 1 aliphatic carbocycles. The molecule has 4 nitrogen and oxygen atoms in total. The third-order valence-corrected chi connectivity index (χ3v) is 5.65. The fourth-order valence-corrected chi connectivity index (χ4v) is 4.00. The average molecular weight is 306 g/mol. The molecule has 1 saturated carbocycles. The molecule has 21 heavy (non-hydrogen) atoms. The highest BCUT2D eigenvalue weighted by molar-refractivity contribution is 7.99. The van der Waals surface area contributed by atoms with Gasteiger partial charge in [-0.1, -0.05) is 12.1 Å². The van der Waals surface area contributed by atoms with Crippen LogP contribution in [0, 0.1) is 5.92 Å². The molecule has 1 heterocycles. The van der Waals surface area contributed by atoms with Crippen molar-refractivity contribution in [3.63, 3.8) is 0 Å². The van der Waals surface area contributed by atoms with Gasteiger partial charge in [0.1, 0.15) is 0 Å². The summed E-state index contributed by atoms with van der Waals surface area (Å²) in [5.74, 6) is 2.13. The van der Waals surface area contributed by atoms with Crippen LogP contribution in [0.25, 0.3) is 0 Å². The van der Waals surface area contributed by atoms with Crippen LogP contribution in [0.1, 0.15) is 37.3 Å². The van der Waals surface area contributed by atoms with Crippen LogP contribution >= 0.6 is 11.8 Å². The second-order valence-corrected chi connectivity index (χ2v) is 7.13. The summed E-state index contributed by atoms with van der Waals surface area (Å²) in [6, 6.07) is 8.01. The lowest BCUT2D eigenvalue weighted by Crippen LogP contribution is -2.41. The van der Waals surface area contributed by atoms with Gasteiger partial charge in [-0.25, -0.2) is 4.79 Å². The van der Waals surface area contributed by atoms with Gasteiger partial charge in [0, 0.05) is 17.2 Å². The lowest BCUT2D eigenvalue weighted by Gasteiger charge is -2.27. The standard InChI is InChI=1S/C16H22N2O2S/c17-15(14-2-1-9-18(14)16(19)20)12-5-7-13(8-6-12)21-10-11-3-4-11/h5-8,11,14-15H,1-4,9-10,17H2,(H,19,20)/t14-,15?/m0/s1. The molecule has 2 aliphatic rings.